The van der Waals surface area contributed by atoms with Crippen LogP contribution in [0.1, 0.15) is 19.3 Å². The Balaban J connectivity index is 1.40. The van der Waals surface area contributed by atoms with Crippen LogP contribution in [0.4, 0.5) is 0 Å². The van der Waals surface area contributed by atoms with E-state index in [0.717, 1.165) is 23.1 Å². The molecule has 4 atom stereocenters. The van der Waals surface area contributed by atoms with Gasteiger partial charge in [-0.15, -0.1) is 0 Å². The van der Waals surface area contributed by atoms with E-state index >= 15 is 0 Å². The van der Waals surface area contributed by atoms with Crippen LogP contribution in [0.15, 0.2) is 0 Å². The predicted molar refractivity (Wildman–Crippen MR) is 66.2 cm³/mol. The normalized spacial score (nSPS) is 46.3. The van der Waals surface area contributed by atoms with Crippen LogP contribution in [0, 0.1) is 11.8 Å². The molecule has 0 spiro atoms. The lowest BCUT2D eigenvalue weighted by molar-refractivity contribution is 0.479. The van der Waals surface area contributed by atoms with E-state index in [1.165, 1.54) is 43.1 Å². The maximum absolute atomic E-state index is 3.81. The molecule has 1 aliphatic heterocycles. The van der Waals surface area contributed by atoms with Gasteiger partial charge in [-0.3, -0.25) is 0 Å². The van der Waals surface area contributed by atoms with Gasteiger partial charge in [0, 0.05) is 35.1 Å². The highest BCUT2D eigenvalue weighted by atomic mass is 32.2. The zero-order chi connectivity index (χ0) is 9.38. The van der Waals surface area contributed by atoms with E-state index in [-0.39, 0.29) is 0 Å². The average Bonchev–Trinajstić information content (AvgIpc) is 2.92. The summed E-state index contributed by atoms with van der Waals surface area (Å²) in [7, 11) is 0. The number of nitrogens with one attached hydrogen (secondary N) is 1. The minimum absolute atomic E-state index is 0.895. The Bertz CT molecular complexity index is 203. The second kappa shape index (κ2) is 4.26. The van der Waals surface area contributed by atoms with Crippen molar-refractivity contribution in [1.82, 2.24) is 5.32 Å². The molecule has 2 aliphatic carbocycles. The molecular formula is C11H19NS2. The first kappa shape index (κ1) is 9.86. The monoisotopic (exact) mass is 229 g/mol. The molecule has 0 radical (unpaired) electrons. The van der Waals surface area contributed by atoms with Gasteiger partial charge >= 0.3 is 0 Å². The lowest BCUT2D eigenvalue weighted by Gasteiger charge is -2.23. The summed E-state index contributed by atoms with van der Waals surface area (Å²) in [5.41, 5.74) is 0. The highest BCUT2D eigenvalue weighted by Gasteiger charge is 2.47. The number of rotatable bonds is 3. The quantitative estimate of drug-likeness (QED) is 0.797. The summed E-state index contributed by atoms with van der Waals surface area (Å²) >= 11 is 4.31. The first-order valence-corrected chi connectivity index (χ1v) is 8.06. The van der Waals surface area contributed by atoms with Gasteiger partial charge in [-0.2, -0.15) is 23.5 Å². The Morgan fingerprint density at radius 3 is 2.86 bits per heavy atom. The summed E-state index contributed by atoms with van der Waals surface area (Å²) in [6.07, 6.45) is 4.50. The first-order chi connectivity index (χ1) is 6.93. The van der Waals surface area contributed by atoms with Crippen LogP contribution in [-0.4, -0.2) is 35.1 Å². The molecule has 0 aromatic heterocycles. The lowest BCUT2D eigenvalue weighted by atomic mass is 10.2. The topological polar surface area (TPSA) is 12.0 Å². The number of hydrogen-bond acceptors (Lipinski definition) is 3. The maximum atomic E-state index is 3.81. The van der Waals surface area contributed by atoms with E-state index in [1.54, 1.807) is 0 Å². The molecule has 3 rings (SSSR count). The van der Waals surface area contributed by atoms with Crippen LogP contribution in [-0.2, 0) is 0 Å². The van der Waals surface area contributed by atoms with Crippen LogP contribution in [0.2, 0.25) is 0 Å². The van der Waals surface area contributed by atoms with Gasteiger partial charge in [-0.05, 0) is 31.1 Å². The van der Waals surface area contributed by atoms with Crippen molar-refractivity contribution in [3.05, 3.63) is 0 Å². The van der Waals surface area contributed by atoms with Gasteiger partial charge in [0.15, 0.2) is 0 Å². The van der Waals surface area contributed by atoms with E-state index in [9.17, 15) is 0 Å². The maximum Gasteiger partial charge on any atom is 0.0263 e. The van der Waals surface area contributed by atoms with Gasteiger partial charge in [0.25, 0.3) is 0 Å². The predicted octanol–water partition coefficient (Wildman–Crippen LogP) is 2.22. The van der Waals surface area contributed by atoms with Gasteiger partial charge in [0.1, 0.15) is 0 Å². The second-order valence-electron chi connectivity index (χ2n) is 4.82. The molecule has 1 N–H and O–H groups in total. The van der Waals surface area contributed by atoms with E-state index < -0.39 is 0 Å². The second-order valence-corrected chi connectivity index (χ2v) is 7.38. The van der Waals surface area contributed by atoms with Crippen molar-refractivity contribution in [3.8, 4) is 0 Å². The molecule has 3 heteroatoms. The zero-order valence-electron chi connectivity index (χ0n) is 8.58. The molecule has 4 unspecified atom stereocenters. The molecule has 0 bridgehead atoms. The zero-order valence-corrected chi connectivity index (χ0v) is 10.2. The van der Waals surface area contributed by atoms with E-state index in [0.29, 0.717) is 0 Å². The first-order valence-electron chi connectivity index (χ1n) is 5.86. The summed E-state index contributed by atoms with van der Waals surface area (Å²) in [4.78, 5) is 0. The van der Waals surface area contributed by atoms with Gasteiger partial charge < -0.3 is 5.32 Å². The van der Waals surface area contributed by atoms with E-state index in [2.05, 4.69) is 28.8 Å². The number of fused-ring (bicyclic) bond motifs is 1. The molecule has 1 nitrogen and oxygen atoms in total. The van der Waals surface area contributed by atoms with Crippen molar-refractivity contribution < 1.29 is 0 Å². The Labute approximate surface area is 95.2 Å². The fourth-order valence-corrected chi connectivity index (χ4v) is 5.52. The number of thioether (sulfide) groups is 2. The summed E-state index contributed by atoms with van der Waals surface area (Å²) in [6.45, 7) is 1.27. The Morgan fingerprint density at radius 2 is 2.21 bits per heavy atom. The minimum Gasteiger partial charge on any atom is -0.313 e. The molecule has 14 heavy (non-hydrogen) atoms. The number of hydrogen-bond donors (Lipinski definition) is 1. The highest BCUT2D eigenvalue weighted by molar-refractivity contribution is 8.06. The van der Waals surface area contributed by atoms with Crippen LogP contribution < -0.4 is 5.32 Å². The van der Waals surface area contributed by atoms with Crippen molar-refractivity contribution in [2.75, 3.05) is 23.8 Å². The molecule has 3 fully saturated rings. The molecule has 3 aliphatic rings. The van der Waals surface area contributed by atoms with Crippen LogP contribution in [0.25, 0.3) is 0 Å². The highest BCUT2D eigenvalue weighted by Crippen LogP contribution is 2.51. The van der Waals surface area contributed by atoms with Crippen LogP contribution in [0.5, 0.6) is 0 Å². The van der Waals surface area contributed by atoms with Gasteiger partial charge in [-0.1, -0.05) is 0 Å². The summed E-state index contributed by atoms with van der Waals surface area (Å²) in [5.74, 6) is 6.32. The fraction of sp³-hybridized carbons (Fsp3) is 1.00. The Kier molecular flexibility index (Phi) is 3.00. The third-order valence-electron chi connectivity index (χ3n) is 3.84. The molecule has 2 saturated carbocycles. The SMILES string of the molecule is C1CSC(CNC2CCC3CC32)CS1. The summed E-state index contributed by atoms with van der Waals surface area (Å²) in [6, 6.07) is 0.896. The molecule has 1 saturated heterocycles. The van der Waals surface area contributed by atoms with Gasteiger partial charge in [0.2, 0.25) is 0 Å². The standard InChI is InChI=1S/C11H19NS2/c1-2-11(10-5-8(1)10)12-6-9-7-13-3-4-14-9/h8-12H,1-7H2. The molecule has 0 aromatic rings. The van der Waals surface area contributed by atoms with E-state index in [4.69, 9.17) is 0 Å². The van der Waals surface area contributed by atoms with Crippen LogP contribution >= 0.6 is 23.5 Å². The molecule has 80 valence electrons. The van der Waals surface area contributed by atoms with Crippen molar-refractivity contribution in [2.24, 2.45) is 11.8 Å². The average molecular weight is 229 g/mol. The van der Waals surface area contributed by atoms with E-state index in [1.807, 2.05) is 0 Å². The fourth-order valence-electron chi connectivity index (χ4n) is 2.89. The summed E-state index contributed by atoms with van der Waals surface area (Å²) in [5, 5.41) is 4.70. The van der Waals surface area contributed by atoms with Crippen molar-refractivity contribution in [3.63, 3.8) is 0 Å². The Hall–Kier alpha value is 0.660. The molecule has 1 heterocycles. The van der Waals surface area contributed by atoms with Gasteiger partial charge in [0.05, 0.1) is 0 Å². The lowest BCUT2D eigenvalue weighted by Crippen LogP contribution is -2.36. The molecular weight excluding hydrogens is 210 g/mol. The minimum atomic E-state index is 0.895. The van der Waals surface area contributed by atoms with Crippen LogP contribution in [0.3, 0.4) is 0 Å². The summed E-state index contributed by atoms with van der Waals surface area (Å²) < 4.78 is 0. The molecule has 0 amide bonds. The smallest absolute Gasteiger partial charge is 0.0263 e. The van der Waals surface area contributed by atoms with Crippen molar-refractivity contribution >= 4 is 23.5 Å². The van der Waals surface area contributed by atoms with Crippen molar-refractivity contribution in [1.29, 1.82) is 0 Å². The van der Waals surface area contributed by atoms with Crippen molar-refractivity contribution in [2.45, 2.75) is 30.6 Å². The third kappa shape index (κ3) is 2.10. The van der Waals surface area contributed by atoms with Gasteiger partial charge in [-0.25, -0.2) is 0 Å². The molecule has 0 aromatic carbocycles. The largest absolute Gasteiger partial charge is 0.313 e. The Morgan fingerprint density at radius 1 is 1.21 bits per heavy atom. The third-order valence-corrected chi connectivity index (χ3v) is 6.68.